The molecule has 0 aliphatic rings. The van der Waals surface area contributed by atoms with E-state index < -0.39 is 0 Å². The number of ether oxygens (including phenoxy) is 1. The van der Waals surface area contributed by atoms with E-state index in [4.69, 9.17) is 14.8 Å². The van der Waals surface area contributed by atoms with Gasteiger partial charge in [0.25, 0.3) is 0 Å². The fourth-order valence-corrected chi connectivity index (χ4v) is 8.61. The Kier molecular flexibility index (Phi) is 12.4. The molecule has 0 bridgehead atoms. The topological polar surface area (TPSA) is 48.8 Å². The maximum Gasteiger partial charge on any atom is 0.232 e. The van der Waals surface area contributed by atoms with E-state index in [1.165, 1.54) is 16.7 Å². The summed E-state index contributed by atoms with van der Waals surface area (Å²) >= 11 is 0. The maximum atomic E-state index is 6.85. The molecule has 344 valence electrons. The Labute approximate surface area is 412 Å². The summed E-state index contributed by atoms with van der Waals surface area (Å²) in [5, 5.41) is 7.69. The molecule has 6 aromatic carbocycles. The van der Waals surface area contributed by atoms with Gasteiger partial charge in [-0.3, -0.25) is 0 Å². The first-order chi connectivity index (χ1) is 31.1. The van der Waals surface area contributed by atoms with Crippen molar-refractivity contribution >= 4 is 21.8 Å². The fourth-order valence-electron chi connectivity index (χ4n) is 8.61. The van der Waals surface area contributed by atoms with E-state index in [2.05, 4.69) is 239 Å². The van der Waals surface area contributed by atoms with E-state index in [1.54, 1.807) is 0 Å². The molecule has 0 unspecified atom stereocenters. The van der Waals surface area contributed by atoms with E-state index in [-0.39, 0.29) is 42.7 Å². The number of aromatic nitrogens is 5. The number of hydrogen-bond donors (Lipinski definition) is 0. The van der Waals surface area contributed by atoms with Gasteiger partial charge in [-0.05, 0) is 96.3 Å². The molecule has 0 N–H and O–H groups in total. The summed E-state index contributed by atoms with van der Waals surface area (Å²) in [4.78, 5) is 4.89. The van der Waals surface area contributed by atoms with Crippen LogP contribution in [0.2, 0.25) is 0 Å². The number of nitrogens with zero attached hydrogens (tertiary/aromatic N) is 5. The third kappa shape index (κ3) is 9.43. The fraction of sp³-hybridized carbons (Fsp3) is 0.283. The van der Waals surface area contributed by atoms with Crippen LogP contribution in [0.5, 0.6) is 11.5 Å². The molecule has 0 amide bonds. The quantitative estimate of drug-likeness (QED) is 0.118. The van der Waals surface area contributed by atoms with Crippen LogP contribution in [-0.2, 0) is 42.7 Å². The largest absolute Gasteiger partial charge is 0.510 e. The van der Waals surface area contributed by atoms with Gasteiger partial charge in [0.1, 0.15) is 5.82 Å². The molecule has 3 aromatic heterocycles. The molecule has 9 rings (SSSR count). The zero-order valence-corrected chi connectivity index (χ0v) is 43.4. The Bertz CT molecular complexity index is 3240. The number of rotatable bonds is 7. The predicted molar refractivity (Wildman–Crippen MR) is 271 cm³/mol. The number of fused-ring (bicyclic) bond motifs is 3. The van der Waals surface area contributed by atoms with Gasteiger partial charge in [-0.1, -0.05) is 174 Å². The van der Waals surface area contributed by atoms with Crippen LogP contribution in [0.1, 0.15) is 111 Å². The first-order valence-electron chi connectivity index (χ1n) is 23.1. The Morgan fingerprint density at radius 3 is 1.88 bits per heavy atom. The standard InChI is InChI=1S/C60H61N5O.Pt/c1-39-20-19-24-49(40-21-15-14-16-22-40)55(39)56-62-64(38-63(56)45-31-42(58(5,6)7)30-43(32-45)59(8,9)10)46-33-44(60(11,12)13)34-48(36-46)66-47-26-27-51-50-23-17-18-25-52(50)65(53(51)37-47)54-35-41(28-29-61-54)57(2,3)4;/h14-35H,1-13H3;/q-2;. The zero-order valence-electron chi connectivity index (χ0n) is 41.2. The molecular formula is C60H61N5OPt-2. The van der Waals surface area contributed by atoms with Gasteiger partial charge in [-0.25, -0.2) is 4.98 Å². The smallest absolute Gasteiger partial charge is 0.232 e. The van der Waals surface area contributed by atoms with Gasteiger partial charge in [0.15, 0.2) is 0 Å². The SMILES string of the molecule is Cc1cccc(-c2ccccc2)c1-c1nn(-c2[c-]c(Oc3[c-]c4c(cc3)c3ccccc3n4-c3cc(C(C)(C)C)ccn3)cc(C(C)(C)C)c2)[c-][n+]1-c1cc(C(C)(C)C)cc(C(C)(C)C)c1.[Pt]. The van der Waals surface area contributed by atoms with Crippen LogP contribution in [0.25, 0.3) is 61.5 Å². The van der Waals surface area contributed by atoms with Crippen LogP contribution in [0.15, 0.2) is 134 Å². The summed E-state index contributed by atoms with van der Waals surface area (Å²) in [5.41, 5.74) is 12.4. The van der Waals surface area contributed by atoms with E-state index in [0.29, 0.717) is 17.2 Å². The molecule has 9 aromatic rings. The number of aryl methyl sites for hydroxylation is 1. The van der Waals surface area contributed by atoms with Gasteiger partial charge in [0.2, 0.25) is 12.2 Å². The van der Waals surface area contributed by atoms with Gasteiger partial charge in [-0.15, -0.1) is 29.7 Å². The van der Waals surface area contributed by atoms with Crippen LogP contribution < -0.4 is 9.30 Å². The van der Waals surface area contributed by atoms with Gasteiger partial charge >= 0.3 is 0 Å². The van der Waals surface area contributed by atoms with E-state index >= 15 is 0 Å². The van der Waals surface area contributed by atoms with E-state index in [1.807, 2.05) is 16.9 Å². The van der Waals surface area contributed by atoms with Crippen LogP contribution >= 0.6 is 0 Å². The molecule has 0 spiro atoms. The minimum absolute atomic E-state index is 0. The van der Waals surface area contributed by atoms with Crippen LogP contribution in [0.4, 0.5) is 0 Å². The molecule has 67 heavy (non-hydrogen) atoms. The third-order valence-electron chi connectivity index (χ3n) is 12.6. The number of hydrogen-bond acceptors (Lipinski definition) is 3. The molecule has 6 nitrogen and oxygen atoms in total. The van der Waals surface area contributed by atoms with E-state index in [9.17, 15) is 0 Å². The van der Waals surface area contributed by atoms with Crippen LogP contribution in [-0.4, -0.2) is 19.3 Å². The number of pyridine rings is 1. The molecule has 0 saturated heterocycles. The van der Waals surface area contributed by atoms with Crippen LogP contribution in [0, 0.1) is 25.4 Å². The van der Waals surface area contributed by atoms with Crippen molar-refractivity contribution in [2.45, 2.75) is 112 Å². The monoisotopic (exact) mass is 1060 g/mol. The predicted octanol–water partition coefficient (Wildman–Crippen LogP) is 14.7. The zero-order chi connectivity index (χ0) is 46.9. The van der Waals surface area contributed by atoms with Gasteiger partial charge in [0.05, 0.1) is 0 Å². The summed E-state index contributed by atoms with van der Waals surface area (Å²) in [7, 11) is 0. The normalized spacial score (nSPS) is 12.4. The van der Waals surface area contributed by atoms with Crippen molar-refractivity contribution in [3.05, 3.63) is 180 Å². The van der Waals surface area contributed by atoms with Crippen molar-refractivity contribution in [2.75, 3.05) is 0 Å². The summed E-state index contributed by atoms with van der Waals surface area (Å²) in [5.74, 6) is 2.76. The number of benzene rings is 6. The van der Waals surface area contributed by atoms with Gasteiger partial charge < -0.3 is 13.9 Å². The van der Waals surface area contributed by atoms with Crippen molar-refractivity contribution in [2.24, 2.45) is 0 Å². The Morgan fingerprint density at radius 2 is 1.21 bits per heavy atom. The molecule has 0 atom stereocenters. The van der Waals surface area contributed by atoms with Crippen LogP contribution in [0.3, 0.4) is 0 Å². The van der Waals surface area contributed by atoms with Crippen molar-refractivity contribution < 1.29 is 30.4 Å². The second-order valence-corrected chi connectivity index (χ2v) is 21.9. The molecule has 0 aliphatic carbocycles. The Morgan fingerprint density at radius 1 is 0.567 bits per heavy atom. The van der Waals surface area contributed by atoms with Gasteiger partial charge in [0, 0.05) is 55.5 Å². The maximum absolute atomic E-state index is 6.85. The molecule has 0 radical (unpaired) electrons. The third-order valence-corrected chi connectivity index (χ3v) is 12.6. The molecule has 3 heterocycles. The molecule has 0 fully saturated rings. The van der Waals surface area contributed by atoms with Crippen molar-refractivity contribution in [1.29, 1.82) is 0 Å². The summed E-state index contributed by atoms with van der Waals surface area (Å²) in [6.45, 7) is 29.1. The summed E-state index contributed by atoms with van der Waals surface area (Å²) in [6, 6.07) is 52.4. The van der Waals surface area contributed by atoms with Gasteiger partial charge in [-0.2, -0.15) is 22.4 Å². The minimum atomic E-state index is -0.225. The van der Waals surface area contributed by atoms with Crippen molar-refractivity contribution in [3.63, 3.8) is 0 Å². The number of para-hydroxylation sites is 1. The van der Waals surface area contributed by atoms with E-state index in [0.717, 1.165) is 67.0 Å². The van der Waals surface area contributed by atoms with Crippen molar-refractivity contribution in [1.82, 2.24) is 19.3 Å². The Balaban J connectivity index is 0.00000608. The second kappa shape index (κ2) is 17.5. The Hall–Kier alpha value is -6.10. The molecule has 0 aliphatic heterocycles. The average molecular weight is 1060 g/mol. The first-order valence-corrected chi connectivity index (χ1v) is 23.1. The second-order valence-electron chi connectivity index (χ2n) is 21.9. The first kappa shape index (κ1) is 47.4. The molecule has 7 heteroatoms. The summed E-state index contributed by atoms with van der Waals surface area (Å²) < 4.78 is 13.0. The molecular weight excluding hydrogens is 1000 g/mol. The minimum Gasteiger partial charge on any atom is -0.510 e. The van der Waals surface area contributed by atoms with Crippen molar-refractivity contribution in [3.8, 4) is 51.2 Å². The molecule has 0 saturated carbocycles. The summed E-state index contributed by atoms with van der Waals surface area (Å²) in [6.07, 6.45) is 5.64. The average Bonchev–Trinajstić information content (AvgIpc) is 3.85.